The second-order valence-electron chi connectivity index (χ2n) is 9.16. The molecule has 0 aromatic heterocycles. The van der Waals surface area contributed by atoms with Crippen molar-refractivity contribution in [3.63, 3.8) is 0 Å². The van der Waals surface area contributed by atoms with E-state index in [-0.39, 0.29) is 41.0 Å². The Bertz CT molecular complexity index is 907. The Morgan fingerprint density at radius 2 is 1.78 bits per heavy atom. The molecule has 27 heavy (non-hydrogen) atoms. The lowest BCUT2D eigenvalue weighted by atomic mass is 9.64. The molecule has 2 bridgehead atoms. The Balaban J connectivity index is 1.82. The number of hydrogen-bond acceptors (Lipinski definition) is 3. The van der Waals surface area contributed by atoms with E-state index >= 15 is 0 Å². The number of ether oxygens (including phenoxy) is 1. The van der Waals surface area contributed by atoms with Gasteiger partial charge in [0.05, 0.1) is 0 Å². The molecule has 0 aliphatic heterocycles. The van der Waals surface area contributed by atoms with Crippen molar-refractivity contribution in [2.45, 2.75) is 59.0 Å². The maximum absolute atomic E-state index is 12.4. The Kier molecular flexibility index (Phi) is 4.17. The fraction of sp³-hybridized carbons (Fsp3) is 0.500. The maximum atomic E-state index is 12.4. The second kappa shape index (κ2) is 6.19. The molecule has 3 unspecified atom stereocenters. The van der Waals surface area contributed by atoms with Gasteiger partial charge in [0.25, 0.3) is 0 Å². The molecule has 0 N–H and O–H groups in total. The topological polar surface area (TPSA) is 43.4 Å². The predicted octanol–water partition coefficient (Wildman–Crippen LogP) is 5.27. The van der Waals surface area contributed by atoms with E-state index < -0.39 is 0 Å². The number of benzene rings is 2. The zero-order valence-electron chi connectivity index (χ0n) is 16.6. The normalized spacial score (nSPS) is 31.2. The van der Waals surface area contributed by atoms with Crippen LogP contribution < -0.4 is 0 Å². The molecule has 0 spiro atoms. The number of hydrogen-bond donors (Lipinski definition) is 0. The van der Waals surface area contributed by atoms with Crippen LogP contribution in [0.3, 0.4) is 0 Å². The lowest BCUT2D eigenvalue weighted by Crippen LogP contribution is -2.35. The molecule has 0 heterocycles. The minimum atomic E-state index is -0.385. The highest BCUT2D eigenvalue weighted by Crippen LogP contribution is 2.71. The summed E-state index contributed by atoms with van der Waals surface area (Å²) in [5.74, 6) is -0.0596. The molecular formula is C24H28O3. The lowest BCUT2D eigenvalue weighted by molar-refractivity contribution is -0.154. The first kappa shape index (κ1) is 18.2. The van der Waals surface area contributed by atoms with Crippen LogP contribution >= 0.6 is 0 Å². The number of carbonyl (C=O) groups excluding carboxylic acids is 2. The van der Waals surface area contributed by atoms with Crippen molar-refractivity contribution in [2.24, 2.45) is 16.7 Å². The molecule has 4 rings (SSSR count). The first-order valence-corrected chi connectivity index (χ1v) is 9.92. The zero-order valence-corrected chi connectivity index (χ0v) is 16.6. The van der Waals surface area contributed by atoms with Crippen molar-refractivity contribution in [3.8, 4) is 0 Å². The molecule has 0 radical (unpaired) electrons. The van der Waals surface area contributed by atoms with Crippen molar-refractivity contribution in [2.75, 3.05) is 0 Å². The molecule has 142 valence electrons. The van der Waals surface area contributed by atoms with E-state index in [2.05, 4.69) is 63.2 Å². The summed E-state index contributed by atoms with van der Waals surface area (Å²) < 4.78 is 6.01. The average molecular weight is 364 g/mol. The van der Waals surface area contributed by atoms with Crippen molar-refractivity contribution < 1.29 is 14.3 Å². The predicted molar refractivity (Wildman–Crippen MR) is 106 cm³/mol. The van der Waals surface area contributed by atoms with E-state index in [4.69, 9.17) is 4.74 Å². The molecule has 3 nitrogen and oxygen atoms in total. The van der Waals surface area contributed by atoms with Crippen LogP contribution in [0.4, 0.5) is 0 Å². The van der Waals surface area contributed by atoms with E-state index in [1.807, 2.05) is 0 Å². The number of rotatable bonds is 4. The van der Waals surface area contributed by atoms with Gasteiger partial charge in [0.1, 0.15) is 18.3 Å². The molecular weight excluding hydrogens is 336 g/mol. The maximum Gasteiger partial charge on any atom is 0.313 e. The molecule has 2 saturated carbocycles. The molecule has 4 atom stereocenters. The summed E-state index contributed by atoms with van der Waals surface area (Å²) in [5, 5.41) is 2.45. The summed E-state index contributed by atoms with van der Waals surface area (Å²) in [4.78, 5) is 23.8. The van der Waals surface area contributed by atoms with Gasteiger partial charge in [-0.05, 0) is 46.9 Å². The first-order valence-electron chi connectivity index (χ1n) is 9.92. The smallest absolute Gasteiger partial charge is 0.313 e. The van der Waals surface area contributed by atoms with Crippen LogP contribution in [0.15, 0.2) is 42.5 Å². The van der Waals surface area contributed by atoms with Crippen LogP contribution in [0.5, 0.6) is 0 Å². The van der Waals surface area contributed by atoms with Crippen molar-refractivity contribution in [1.29, 1.82) is 0 Å². The Hall–Kier alpha value is -2.16. The van der Waals surface area contributed by atoms with Crippen LogP contribution in [0, 0.1) is 16.7 Å². The highest BCUT2D eigenvalue weighted by molar-refractivity contribution is 5.94. The van der Waals surface area contributed by atoms with Crippen LogP contribution in [0.2, 0.25) is 0 Å². The van der Waals surface area contributed by atoms with Gasteiger partial charge in [0, 0.05) is 11.8 Å². The van der Waals surface area contributed by atoms with Gasteiger partial charge in [-0.25, -0.2) is 0 Å². The molecule has 2 aliphatic rings. The highest BCUT2D eigenvalue weighted by atomic mass is 16.5. The summed E-state index contributed by atoms with van der Waals surface area (Å²) in [6.45, 7) is 8.44. The molecule has 0 amide bonds. The Morgan fingerprint density at radius 3 is 2.52 bits per heavy atom. The van der Waals surface area contributed by atoms with Crippen molar-refractivity contribution >= 4 is 22.5 Å². The average Bonchev–Trinajstić information content (AvgIpc) is 2.92. The quantitative estimate of drug-likeness (QED) is 0.548. The highest BCUT2D eigenvalue weighted by Gasteiger charge is 2.67. The van der Waals surface area contributed by atoms with E-state index in [0.717, 1.165) is 12.8 Å². The second-order valence-corrected chi connectivity index (χ2v) is 9.16. The molecule has 2 aromatic carbocycles. The van der Waals surface area contributed by atoms with Crippen molar-refractivity contribution in [3.05, 3.63) is 48.0 Å². The molecule has 0 saturated heterocycles. The molecule has 2 fully saturated rings. The van der Waals surface area contributed by atoms with E-state index in [1.54, 1.807) is 0 Å². The lowest BCUT2D eigenvalue weighted by Gasteiger charge is -2.40. The van der Waals surface area contributed by atoms with E-state index in [0.29, 0.717) is 5.92 Å². The molecule has 2 aliphatic carbocycles. The Labute approximate surface area is 161 Å². The number of Topliss-reactive ketones (excluding diaryl/α,β-unsaturated/α-hetero) is 1. The summed E-state index contributed by atoms with van der Waals surface area (Å²) in [6.07, 6.45) is 1.90. The van der Waals surface area contributed by atoms with E-state index in [9.17, 15) is 9.59 Å². The Morgan fingerprint density at radius 1 is 1.07 bits per heavy atom. The van der Waals surface area contributed by atoms with Gasteiger partial charge in [-0.2, -0.15) is 0 Å². The largest absolute Gasteiger partial charge is 0.461 e. The van der Waals surface area contributed by atoms with Gasteiger partial charge in [-0.3, -0.25) is 9.59 Å². The summed E-state index contributed by atoms with van der Waals surface area (Å²) in [5.41, 5.74) is 1.41. The molecule has 3 heteroatoms. The minimum Gasteiger partial charge on any atom is -0.461 e. The minimum absolute atomic E-state index is 0.0585. The van der Waals surface area contributed by atoms with Gasteiger partial charge < -0.3 is 4.74 Å². The standard InChI is InChI=1S/C24H28O3/c1-15(25)14-20(26)27-22-19-12-13-24(4,23(19,2)3)21(22)18-11-7-9-16-8-5-6-10-17(16)18/h5-11,19,21-22H,12-14H2,1-4H3/t19?,21?,22?,24-/m1/s1. The van der Waals surface area contributed by atoms with Crippen molar-refractivity contribution in [1.82, 2.24) is 0 Å². The number of fused-ring (bicyclic) bond motifs is 3. The third kappa shape index (κ3) is 2.62. The van der Waals surface area contributed by atoms with Gasteiger partial charge >= 0.3 is 5.97 Å². The summed E-state index contributed by atoms with van der Waals surface area (Å²) >= 11 is 0. The van der Waals surface area contributed by atoms with Crippen LogP contribution in [-0.2, 0) is 14.3 Å². The van der Waals surface area contributed by atoms with E-state index in [1.165, 1.54) is 23.3 Å². The molecule has 2 aromatic rings. The van der Waals surface area contributed by atoms with Gasteiger partial charge in [0.2, 0.25) is 0 Å². The van der Waals surface area contributed by atoms with Crippen LogP contribution in [0.1, 0.15) is 58.4 Å². The third-order valence-electron chi connectivity index (χ3n) is 7.60. The van der Waals surface area contributed by atoms with Crippen LogP contribution in [0.25, 0.3) is 10.8 Å². The zero-order chi connectivity index (χ0) is 19.4. The fourth-order valence-electron chi connectivity index (χ4n) is 5.88. The third-order valence-corrected chi connectivity index (χ3v) is 7.60. The summed E-state index contributed by atoms with van der Waals surface area (Å²) in [6, 6.07) is 14.9. The summed E-state index contributed by atoms with van der Waals surface area (Å²) in [7, 11) is 0. The number of carbonyl (C=O) groups is 2. The van der Waals surface area contributed by atoms with Gasteiger partial charge in [-0.1, -0.05) is 63.2 Å². The number of ketones is 1. The first-order chi connectivity index (χ1) is 12.8. The van der Waals surface area contributed by atoms with Gasteiger partial charge in [0.15, 0.2) is 0 Å². The monoisotopic (exact) mass is 364 g/mol. The SMILES string of the molecule is CC(=O)CC(=O)OC1C2CC[C@](C)(C1c1cccc3ccccc13)C2(C)C. The van der Waals surface area contributed by atoms with Gasteiger partial charge in [-0.15, -0.1) is 0 Å². The number of esters is 1. The fourth-order valence-corrected chi connectivity index (χ4v) is 5.88. The van der Waals surface area contributed by atoms with Crippen LogP contribution in [-0.4, -0.2) is 17.9 Å².